The molecule has 1 aromatic heterocycles. The van der Waals surface area contributed by atoms with Crippen LogP contribution in [0.2, 0.25) is 0 Å². The van der Waals surface area contributed by atoms with Gasteiger partial charge in [0.25, 0.3) is 0 Å². The monoisotopic (exact) mass is 335 g/mol. The van der Waals surface area contributed by atoms with Crippen LogP contribution in [-0.4, -0.2) is 15.9 Å². The van der Waals surface area contributed by atoms with Crippen molar-refractivity contribution >= 4 is 16.9 Å². The largest absolute Gasteiger partial charge is 0.349 e. The third kappa shape index (κ3) is 4.69. The molecule has 1 heterocycles. The molecule has 0 spiro atoms. The zero-order valence-corrected chi connectivity index (χ0v) is 14.8. The molecular formula is C21H25N3O. The average molecular weight is 335 g/mol. The number of aryl methyl sites for hydroxylation is 1. The number of nitrogens with zero attached hydrogens (tertiary/aromatic N) is 1. The maximum absolute atomic E-state index is 12.4. The maximum atomic E-state index is 12.4. The van der Waals surface area contributed by atoms with Gasteiger partial charge in [0.05, 0.1) is 17.1 Å². The van der Waals surface area contributed by atoms with E-state index >= 15 is 0 Å². The lowest BCUT2D eigenvalue weighted by molar-refractivity contribution is -0.121. The molecule has 0 fully saturated rings. The molecule has 4 heteroatoms. The van der Waals surface area contributed by atoms with Gasteiger partial charge >= 0.3 is 0 Å². The molecule has 1 atom stereocenters. The highest BCUT2D eigenvalue weighted by Gasteiger charge is 2.16. The number of amides is 1. The number of hydrogen-bond acceptors (Lipinski definition) is 2. The van der Waals surface area contributed by atoms with E-state index in [1.165, 1.54) is 0 Å². The fraction of sp³-hybridized carbons (Fsp3) is 0.333. The molecule has 0 bridgehead atoms. The standard InChI is InChI=1S/C21H25N3O/c1-15(2)14-19(16-8-4-3-5-9-16)24-21(25)13-12-20-22-17-10-6-7-11-18(17)23-20/h3-11,15,19H,12-14H2,1-2H3,(H,22,23)(H,24,25)/t19-/m0/s1. The van der Waals surface area contributed by atoms with Crippen molar-refractivity contribution in [1.29, 1.82) is 0 Å². The number of H-pyrrole nitrogens is 1. The number of para-hydroxylation sites is 2. The summed E-state index contributed by atoms with van der Waals surface area (Å²) in [7, 11) is 0. The molecule has 2 N–H and O–H groups in total. The first-order chi connectivity index (χ1) is 12.1. The van der Waals surface area contributed by atoms with Crippen LogP contribution in [0.15, 0.2) is 54.6 Å². The summed E-state index contributed by atoms with van der Waals surface area (Å²) < 4.78 is 0. The van der Waals surface area contributed by atoms with Gasteiger partial charge in [0.15, 0.2) is 0 Å². The minimum atomic E-state index is 0.0596. The number of aromatic nitrogens is 2. The summed E-state index contributed by atoms with van der Waals surface area (Å²) in [6.45, 7) is 4.35. The number of carbonyl (C=O) groups excluding carboxylic acids is 1. The first-order valence-electron chi connectivity index (χ1n) is 8.90. The van der Waals surface area contributed by atoms with E-state index in [1.54, 1.807) is 0 Å². The second kappa shape index (κ2) is 7.97. The molecule has 0 saturated heterocycles. The van der Waals surface area contributed by atoms with Crippen LogP contribution in [0.1, 0.15) is 44.1 Å². The highest BCUT2D eigenvalue weighted by atomic mass is 16.1. The summed E-state index contributed by atoms with van der Waals surface area (Å²) in [6, 6.07) is 18.2. The van der Waals surface area contributed by atoms with Gasteiger partial charge in [-0.1, -0.05) is 56.3 Å². The highest BCUT2D eigenvalue weighted by Crippen LogP contribution is 2.21. The molecule has 0 aliphatic rings. The van der Waals surface area contributed by atoms with Crippen LogP contribution < -0.4 is 5.32 Å². The Hall–Kier alpha value is -2.62. The summed E-state index contributed by atoms with van der Waals surface area (Å²) >= 11 is 0. The van der Waals surface area contributed by atoms with Crippen LogP contribution in [0, 0.1) is 5.92 Å². The first-order valence-corrected chi connectivity index (χ1v) is 8.90. The Balaban J connectivity index is 1.61. The molecule has 4 nitrogen and oxygen atoms in total. The molecule has 0 saturated carbocycles. The van der Waals surface area contributed by atoms with E-state index in [2.05, 4.69) is 41.3 Å². The van der Waals surface area contributed by atoms with Crippen LogP contribution in [0.4, 0.5) is 0 Å². The van der Waals surface area contributed by atoms with Gasteiger partial charge in [-0.2, -0.15) is 0 Å². The van der Waals surface area contributed by atoms with Gasteiger partial charge in [0.2, 0.25) is 5.91 Å². The second-order valence-electron chi connectivity index (χ2n) is 6.86. The molecule has 0 aliphatic carbocycles. The Morgan fingerprint density at radius 2 is 1.80 bits per heavy atom. The fourth-order valence-corrected chi connectivity index (χ4v) is 3.06. The molecule has 3 rings (SSSR count). The molecule has 2 aromatic carbocycles. The van der Waals surface area contributed by atoms with Crippen LogP contribution in [0.3, 0.4) is 0 Å². The first kappa shape index (κ1) is 17.2. The summed E-state index contributed by atoms with van der Waals surface area (Å²) in [6.07, 6.45) is 1.98. The number of aromatic amines is 1. The lowest BCUT2D eigenvalue weighted by atomic mass is 9.97. The van der Waals surface area contributed by atoms with E-state index < -0.39 is 0 Å². The van der Waals surface area contributed by atoms with Crippen LogP contribution in [-0.2, 0) is 11.2 Å². The zero-order chi connectivity index (χ0) is 17.6. The number of rotatable bonds is 7. The Labute approximate surface area is 148 Å². The minimum Gasteiger partial charge on any atom is -0.349 e. The molecule has 0 radical (unpaired) electrons. The lowest BCUT2D eigenvalue weighted by Gasteiger charge is -2.21. The van der Waals surface area contributed by atoms with Crippen molar-refractivity contribution in [2.45, 2.75) is 39.2 Å². The van der Waals surface area contributed by atoms with Crippen molar-refractivity contribution < 1.29 is 4.79 Å². The average Bonchev–Trinajstić information content (AvgIpc) is 3.03. The number of carbonyl (C=O) groups is 1. The third-order valence-electron chi connectivity index (χ3n) is 4.27. The molecule has 1 amide bonds. The predicted molar refractivity (Wildman–Crippen MR) is 101 cm³/mol. The van der Waals surface area contributed by atoms with Crippen molar-refractivity contribution in [3.63, 3.8) is 0 Å². The van der Waals surface area contributed by atoms with Gasteiger partial charge in [-0.3, -0.25) is 4.79 Å². The Kier molecular flexibility index (Phi) is 5.49. The third-order valence-corrected chi connectivity index (χ3v) is 4.27. The molecule has 3 aromatic rings. The highest BCUT2D eigenvalue weighted by molar-refractivity contribution is 5.77. The van der Waals surface area contributed by atoms with Crippen LogP contribution in [0.25, 0.3) is 11.0 Å². The topological polar surface area (TPSA) is 57.8 Å². The van der Waals surface area contributed by atoms with E-state index in [4.69, 9.17) is 0 Å². The number of benzene rings is 2. The van der Waals surface area contributed by atoms with Crippen LogP contribution in [0.5, 0.6) is 0 Å². The van der Waals surface area contributed by atoms with Crippen molar-refractivity contribution in [3.8, 4) is 0 Å². The van der Waals surface area contributed by atoms with E-state index in [-0.39, 0.29) is 11.9 Å². The van der Waals surface area contributed by atoms with Gasteiger partial charge in [-0.15, -0.1) is 0 Å². The Bertz CT molecular complexity index is 790. The van der Waals surface area contributed by atoms with Crippen molar-refractivity contribution in [2.75, 3.05) is 0 Å². The lowest BCUT2D eigenvalue weighted by Crippen LogP contribution is -2.29. The summed E-state index contributed by atoms with van der Waals surface area (Å²) in [5, 5.41) is 3.19. The molecule has 0 unspecified atom stereocenters. The maximum Gasteiger partial charge on any atom is 0.220 e. The number of imidazole rings is 1. The summed E-state index contributed by atoms with van der Waals surface area (Å²) in [4.78, 5) is 20.3. The number of fused-ring (bicyclic) bond motifs is 1. The fourth-order valence-electron chi connectivity index (χ4n) is 3.06. The quantitative estimate of drug-likeness (QED) is 0.672. The van der Waals surface area contributed by atoms with Gasteiger partial charge in [0.1, 0.15) is 5.82 Å². The predicted octanol–water partition coefficient (Wildman–Crippen LogP) is 4.40. The second-order valence-corrected chi connectivity index (χ2v) is 6.86. The van der Waals surface area contributed by atoms with Crippen molar-refractivity contribution in [2.24, 2.45) is 5.92 Å². The summed E-state index contributed by atoms with van der Waals surface area (Å²) in [5.74, 6) is 1.44. The Morgan fingerprint density at radius 3 is 2.52 bits per heavy atom. The summed E-state index contributed by atoms with van der Waals surface area (Å²) in [5.41, 5.74) is 3.12. The Morgan fingerprint density at radius 1 is 1.08 bits per heavy atom. The van der Waals surface area contributed by atoms with E-state index in [9.17, 15) is 4.79 Å². The van der Waals surface area contributed by atoms with E-state index in [0.717, 1.165) is 28.8 Å². The van der Waals surface area contributed by atoms with E-state index in [1.807, 2.05) is 42.5 Å². The van der Waals surface area contributed by atoms with Gasteiger partial charge in [-0.05, 0) is 30.0 Å². The number of nitrogens with one attached hydrogen (secondary N) is 2. The number of hydrogen-bond donors (Lipinski definition) is 2. The molecule has 130 valence electrons. The van der Waals surface area contributed by atoms with Crippen LogP contribution >= 0.6 is 0 Å². The normalized spacial score (nSPS) is 12.4. The van der Waals surface area contributed by atoms with Crippen molar-refractivity contribution in [3.05, 3.63) is 66.0 Å². The van der Waals surface area contributed by atoms with E-state index in [0.29, 0.717) is 18.8 Å². The zero-order valence-electron chi connectivity index (χ0n) is 14.8. The molecule has 25 heavy (non-hydrogen) atoms. The smallest absolute Gasteiger partial charge is 0.220 e. The SMILES string of the molecule is CC(C)C[C@H](NC(=O)CCc1nc2ccccc2[nH]1)c1ccccc1. The van der Waals surface area contributed by atoms with Gasteiger partial charge in [-0.25, -0.2) is 4.98 Å². The minimum absolute atomic E-state index is 0.0596. The molecular weight excluding hydrogens is 310 g/mol. The van der Waals surface area contributed by atoms with Gasteiger partial charge < -0.3 is 10.3 Å². The molecule has 0 aliphatic heterocycles. The van der Waals surface area contributed by atoms with Crippen molar-refractivity contribution in [1.82, 2.24) is 15.3 Å². The van der Waals surface area contributed by atoms with Gasteiger partial charge in [0, 0.05) is 12.8 Å².